The third-order valence-electron chi connectivity index (χ3n) is 0.737. The Balaban J connectivity index is 3.60. The van der Waals surface area contributed by atoms with Crippen LogP contribution >= 0.6 is 0 Å². The average Bonchev–Trinajstić information content (AvgIpc) is 1.82. The second-order valence-corrected chi connectivity index (χ2v) is 2.01. The van der Waals surface area contributed by atoms with E-state index in [9.17, 15) is 4.79 Å². The molecule has 56 valence electrons. The van der Waals surface area contributed by atoms with Crippen LogP contribution in [0.5, 0.6) is 0 Å². The van der Waals surface area contributed by atoms with Gasteiger partial charge in [0.05, 0.1) is 0 Å². The van der Waals surface area contributed by atoms with Crippen LogP contribution in [-0.4, -0.2) is 12.6 Å². The number of rotatable bonds is 3. The normalized spacial score (nSPS) is 8.50. The first-order valence-corrected chi connectivity index (χ1v) is 2.80. The number of esters is 1. The molecule has 0 bridgehead atoms. The molecule has 0 radical (unpaired) electrons. The topological polar surface area (TPSA) is 52.3 Å². The van der Waals surface area contributed by atoms with Crippen molar-refractivity contribution in [3.05, 3.63) is 24.4 Å². The van der Waals surface area contributed by atoms with Gasteiger partial charge in [-0.1, -0.05) is 13.2 Å². The highest BCUT2D eigenvalue weighted by molar-refractivity contribution is 5.86. The second kappa shape index (κ2) is 3.71. The van der Waals surface area contributed by atoms with Crippen molar-refractivity contribution in [1.29, 1.82) is 0 Å². The smallest absolute Gasteiger partial charge is 0.333 e. The van der Waals surface area contributed by atoms with E-state index in [0.29, 0.717) is 11.3 Å². The molecule has 3 nitrogen and oxygen atoms in total. The Kier molecular flexibility index (Phi) is 3.25. The van der Waals surface area contributed by atoms with Crippen LogP contribution in [0.3, 0.4) is 0 Å². The lowest BCUT2D eigenvalue weighted by molar-refractivity contribution is -0.138. The minimum absolute atomic E-state index is 0.0612. The summed E-state index contributed by atoms with van der Waals surface area (Å²) < 4.78 is 4.60. The zero-order chi connectivity index (χ0) is 8.15. The Morgan fingerprint density at radius 2 is 2.10 bits per heavy atom. The maximum absolute atomic E-state index is 10.6. The van der Waals surface area contributed by atoms with Crippen molar-refractivity contribution in [2.75, 3.05) is 6.61 Å². The summed E-state index contributed by atoms with van der Waals surface area (Å²) in [5.74, 6) is -0.438. The van der Waals surface area contributed by atoms with E-state index in [1.165, 1.54) is 0 Å². The molecule has 0 aliphatic carbocycles. The first kappa shape index (κ1) is 8.75. The number of hydrogen-bond donors (Lipinski definition) is 1. The SMILES string of the molecule is C=C(N)COC(=O)C(=C)C. The Labute approximate surface area is 60.2 Å². The zero-order valence-corrected chi connectivity index (χ0v) is 6.02. The van der Waals surface area contributed by atoms with E-state index in [2.05, 4.69) is 17.9 Å². The van der Waals surface area contributed by atoms with E-state index in [-0.39, 0.29) is 6.61 Å². The van der Waals surface area contributed by atoms with Gasteiger partial charge in [0.1, 0.15) is 6.61 Å². The standard InChI is InChI=1S/C7H11NO2/c1-5(2)7(9)10-4-6(3)8/h1,3-4,8H2,2H3. The van der Waals surface area contributed by atoms with Gasteiger partial charge in [0.2, 0.25) is 0 Å². The molecule has 3 heteroatoms. The fourth-order valence-electron chi connectivity index (χ4n) is 0.281. The first-order chi connectivity index (χ1) is 4.54. The summed E-state index contributed by atoms with van der Waals surface area (Å²) in [7, 11) is 0. The van der Waals surface area contributed by atoms with Crippen molar-refractivity contribution in [1.82, 2.24) is 0 Å². The summed E-state index contributed by atoms with van der Waals surface area (Å²) in [6.45, 7) is 8.38. The van der Waals surface area contributed by atoms with Crippen LogP contribution in [0.4, 0.5) is 0 Å². The van der Waals surface area contributed by atoms with Crippen molar-refractivity contribution in [3.63, 3.8) is 0 Å². The molecule has 0 aromatic rings. The number of carbonyl (C=O) groups excluding carboxylic acids is 1. The molecule has 0 aliphatic rings. The van der Waals surface area contributed by atoms with Crippen molar-refractivity contribution in [2.45, 2.75) is 6.92 Å². The molecular weight excluding hydrogens is 130 g/mol. The number of nitrogens with two attached hydrogens (primary N) is 1. The predicted molar refractivity (Wildman–Crippen MR) is 39.1 cm³/mol. The summed E-state index contributed by atoms with van der Waals surface area (Å²) >= 11 is 0. The number of carbonyl (C=O) groups is 1. The van der Waals surface area contributed by atoms with E-state index < -0.39 is 5.97 Å². The Hall–Kier alpha value is -1.25. The van der Waals surface area contributed by atoms with Crippen molar-refractivity contribution in [3.8, 4) is 0 Å². The molecule has 0 rings (SSSR count). The van der Waals surface area contributed by atoms with Crippen LogP contribution in [-0.2, 0) is 9.53 Å². The van der Waals surface area contributed by atoms with E-state index >= 15 is 0 Å². The van der Waals surface area contributed by atoms with Gasteiger partial charge in [-0.05, 0) is 6.92 Å². The van der Waals surface area contributed by atoms with Gasteiger partial charge in [0, 0.05) is 11.3 Å². The minimum Gasteiger partial charge on any atom is -0.456 e. The lowest BCUT2D eigenvalue weighted by atomic mass is 10.4. The monoisotopic (exact) mass is 141 g/mol. The van der Waals surface area contributed by atoms with Crippen LogP contribution in [0.25, 0.3) is 0 Å². The van der Waals surface area contributed by atoms with Gasteiger partial charge in [-0.15, -0.1) is 0 Å². The highest BCUT2D eigenvalue weighted by atomic mass is 16.5. The van der Waals surface area contributed by atoms with Crippen molar-refractivity contribution < 1.29 is 9.53 Å². The molecule has 0 heterocycles. The summed E-state index contributed by atoms with van der Waals surface area (Å²) in [6, 6.07) is 0. The molecule has 0 atom stereocenters. The van der Waals surface area contributed by atoms with Gasteiger partial charge in [-0.3, -0.25) is 0 Å². The highest BCUT2D eigenvalue weighted by Crippen LogP contribution is 1.92. The maximum atomic E-state index is 10.6. The van der Waals surface area contributed by atoms with Gasteiger partial charge in [-0.25, -0.2) is 4.79 Å². The van der Waals surface area contributed by atoms with Crippen LogP contribution in [0, 0.1) is 0 Å². The Morgan fingerprint density at radius 3 is 2.40 bits per heavy atom. The Bertz CT molecular complexity index is 172. The quantitative estimate of drug-likeness (QED) is 0.462. The maximum Gasteiger partial charge on any atom is 0.333 e. The van der Waals surface area contributed by atoms with Gasteiger partial charge >= 0.3 is 5.97 Å². The molecule has 0 fully saturated rings. The largest absolute Gasteiger partial charge is 0.456 e. The third kappa shape index (κ3) is 3.72. The lowest BCUT2D eigenvalue weighted by Gasteiger charge is -2.01. The van der Waals surface area contributed by atoms with Crippen LogP contribution < -0.4 is 5.73 Å². The lowest BCUT2D eigenvalue weighted by Crippen LogP contribution is -2.11. The van der Waals surface area contributed by atoms with Crippen LogP contribution in [0.1, 0.15) is 6.92 Å². The number of hydrogen-bond acceptors (Lipinski definition) is 3. The van der Waals surface area contributed by atoms with E-state index in [1.807, 2.05) is 0 Å². The summed E-state index contributed by atoms with van der Waals surface area (Å²) in [5, 5.41) is 0. The van der Waals surface area contributed by atoms with Gasteiger partial charge in [-0.2, -0.15) is 0 Å². The fraction of sp³-hybridized carbons (Fsp3) is 0.286. The molecule has 0 amide bonds. The molecule has 0 aromatic carbocycles. The van der Waals surface area contributed by atoms with Crippen LogP contribution in [0.2, 0.25) is 0 Å². The summed E-state index contributed by atoms with van der Waals surface area (Å²) in [4.78, 5) is 10.6. The molecule has 10 heavy (non-hydrogen) atoms. The predicted octanol–water partition coefficient (Wildman–Crippen LogP) is 0.578. The van der Waals surface area contributed by atoms with E-state index in [4.69, 9.17) is 5.73 Å². The molecule has 0 aliphatic heterocycles. The second-order valence-electron chi connectivity index (χ2n) is 2.01. The molecule has 0 saturated heterocycles. The molecule has 0 aromatic heterocycles. The fourth-order valence-corrected chi connectivity index (χ4v) is 0.281. The number of ether oxygens (including phenoxy) is 1. The first-order valence-electron chi connectivity index (χ1n) is 2.80. The molecule has 0 unspecified atom stereocenters. The van der Waals surface area contributed by atoms with Crippen molar-refractivity contribution >= 4 is 5.97 Å². The summed E-state index contributed by atoms with van der Waals surface area (Å²) in [6.07, 6.45) is 0. The average molecular weight is 141 g/mol. The van der Waals surface area contributed by atoms with Crippen LogP contribution in [0.15, 0.2) is 24.4 Å². The third-order valence-corrected chi connectivity index (χ3v) is 0.737. The van der Waals surface area contributed by atoms with Gasteiger partial charge in [0.15, 0.2) is 0 Å². The zero-order valence-electron chi connectivity index (χ0n) is 6.02. The molecule has 0 spiro atoms. The molecular formula is C7H11NO2. The van der Waals surface area contributed by atoms with Gasteiger partial charge in [0.25, 0.3) is 0 Å². The minimum atomic E-state index is -0.438. The van der Waals surface area contributed by atoms with E-state index in [0.717, 1.165) is 0 Å². The van der Waals surface area contributed by atoms with E-state index in [1.54, 1.807) is 6.92 Å². The van der Waals surface area contributed by atoms with Gasteiger partial charge < -0.3 is 10.5 Å². The van der Waals surface area contributed by atoms with Crippen molar-refractivity contribution in [2.24, 2.45) is 5.73 Å². The molecule has 0 saturated carbocycles. The summed E-state index contributed by atoms with van der Waals surface area (Å²) in [5.41, 5.74) is 5.83. The highest BCUT2D eigenvalue weighted by Gasteiger charge is 2.01. The molecule has 2 N–H and O–H groups in total. The Morgan fingerprint density at radius 1 is 1.60 bits per heavy atom.